The Kier molecular flexibility index (Phi) is 4.70. The number of benzene rings is 1. The van der Waals surface area contributed by atoms with Crippen LogP contribution in [-0.2, 0) is 16.2 Å². The molecule has 0 bridgehead atoms. The Hall–Kier alpha value is -0.600. The molecule has 0 spiro atoms. The lowest BCUT2D eigenvalue weighted by Crippen LogP contribution is -2.43. The molecule has 2 unspecified atom stereocenters. The summed E-state index contributed by atoms with van der Waals surface area (Å²) in [5.41, 5.74) is -0.952. The quantitative estimate of drug-likeness (QED) is 0.730. The number of hydrogen-bond acceptors (Lipinski definition) is 2. The molecule has 0 amide bonds. The summed E-state index contributed by atoms with van der Waals surface area (Å²) in [7, 11) is -3.89. The highest BCUT2D eigenvalue weighted by Crippen LogP contribution is 2.32. The van der Waals surface area contributed by atoms with Crippen LogP contribution in [0.25, 0.3) is 0 Å². The number of rotatable bonds is 2. The van der Waals surface area contributed by atoms with Gasteiger partial charge in [-0.1, -0.05) is 28.9 Å². The van der Waals surface area contributed by atoms with Crippen molar-refractivity contribution in [3.63, 3.8) is 0 Å². The zero-order valence-electron chi connectivity index (χ0n) is 11.3. The van der Waals surface area contributed by atoms with Crippen molar-refractivity contribution in [1.29, 1.82) is 0 Å². The first-order valence-electron chi connectivity index (χ1n) is 6.44. The number of alkyl halides is 4. The zero-order chi connectivity index (χ0) is 15.8. The first-order chi connectivity index (χ1) is 9.62. The maximum absolute atomic E-state index is 12.7. The van der Waals surface area contributed by atoms with Crippen molar-refractivity contribution in [2.45, 2.75) is 29.2 Å². The predicted molar refractivity (Wildman–Crippen MR) is 76.7 cm³/mol. The molecule has 21 heavy (non-hydrogen) atoms. The fourth-order valence-electron chi connectivity index (χ4n) is 2.28. The molecule has 1 aliphatic rings. The van der Waals surface area contributed by atoms with E-state index in [1.807, 2.05) is 6.92 Å². The number of nitrogens with zero attached hydrogens (tertiary/aromatic N) is 1. The summed E-state index contributed by atoms with van der Waals surface area (Å²) < 4.78 is 64.3. The van der Waals surface area contributed by atoms with E-state index in [9.17, 15) is 21.6 Å². The summed E-state index contributed by atoms with van der Waals surface area (Å²) >= 11 is 3.47. The molecule has 1 aromatic rings. The third-order valence-corrected chi connectivity index (χ3v) is 6.78. The van der Waals surface area contributed by atoms with Crippen molar-refractivity contribution in [2.24, 2.45) is 5.92 Å². The SMILES string of the molecule is CC1CN(S(=O)(=O)c2cccc(C(F)(F)F)c2)CCC1Br. The normalized spacial score (nSPS) is 25.0. The van der Waals surface area contributed by atoms with Crippen molar-refractivity contribution in [1.82, 2.24) is 4.31 Å². The summed E-state index contributed by atoms with van der Waals surface area (Å²) in [5, 5.41) is 0. The van der Waals surface area contributed by atoms with E-state index in [0.29, 0.717) is 25.6 Å². The summed E-state index contributed by atoms with van der Waals surface area (Å²) in [6, 6.07) is 3.89. The van der Waals surface area contributed by atoms with Crippen LogP contribution >= 0.6 is 15.9 Å². The minimum Gasteiger partial charge on any atom is -0.207 e. The Morgan fingerprint density at radius 2 is 2.00 bits per heavy atom. The van der Waals surface area contributed by atoms with Gasteiger partial charge in [0.1, 0.15) is 0 Å². The second-order valence-corrected chi connectivity index (χ2v) is 8.28. The minimum absolute atomic E-state index is 0.110. The Morgan fingerprint density at radius 1 is 1.33 bits per heavy atom. The second kappa shape index (κ2) is 5.89. The highest BCUT2D eigenvalue weighted by Gasteiger charge is 2.35. The molecule has 2 rings (SSSR count). The second-order valence-electron chi connectivity index (χ2n) is 5.17. The summed E-state index contributed by atoms with van der Waals surface area (Å²) in [6.45, 7) is 2.51. The van der Waals surface area contributed by atoms with E-state index in [-0.39, 0.29) is 15.6 Å². The third kappa shape index (κ3) is 3.60. The van der Waals surface area contributed by atoms with Gasteiger partial charge in [-0.25, -0.2) is 8.42 Å². The molecule has 1 fully saturated rings. The summed E-state index contributed by atoms with van der Waals surface area (Å²) in [4.78, 5) is -0.0805. The Balaban J connectivity index is 2.32. The smallest absolute Gasteiger partial charge is 0.207 e. The standard InChI is InChI=1S/C13H15BrF3NO2S/c1-9-8-18(6-5-12(9)14)21(19,20)11-4-2-3-10(7-11)13(15,16)17/h2-4,7,9,12H,5-6,8H2,1H3. The molecule has 3 nitrogen and oxygen atoms in total. The molecule has 0 saturated carbocycles. The van der Waals surface area contributed by atoms with Crippen LogP contribution in [0.2, 0.25) is 0 Å². The molecular weight excluding hydrogens is 371 g/mol. The number of sulfonamides is 1. The molecule has 0 aliphatic carbocycles. The van der Waals surface area contributed by atoms with Gasteiger partial charge in [-0.3, -0.25) is 0 Å². The van der Waals surface area contributed by atoms with Crippen LogP contribution in [0.1, 0.15) is 18.9 Å². The van der Waals surface area contributed by atoms with Crippen LogP contribution in [0.15, 0.2) is 29.2 Å². The fraction of sp³-hybridized carbons (Fsp3) is 0.538. The van der Waals surface area contributed by atoms with Crippen molar-refractivity contribution in [3.8, 4) is 0 Å². The van der Waals surface area contributed by atoms with E-state index in [4.69, 9.17) is 0 Å². The average Bonchev–Trinajstić information content (AvgIpc) is 2.41. The van der Waals surface area contributed by atoms with E-state index in [1.165, 1.54) is 10.4 Å². The van der Waals surface area contributed by atoms with Crippen LogP contribution in [0.3, 0.4) is 0 Å². The lowest BCUT2D eigenvalue weighted by Gasteiger charge is -2.33. The van der Waals surface area contributed by atoms with Crippen LogP contribution in [0.4, 0.5) is 13.2 Å². The molecule has 118 valence electrons. The predicted octanol–water partition coefficient (Wildman–Crippen LogP) is 3.50. The van der Waals surface area contributed by atoms with Crippen LogP contribution in [0.5, 0.6) is 0 Å². The molecule has 0 N–H and O–H groups in total. The van der Waals surface area contributed by atoms with Crippen molar-refractivity contribution < 1.29 is 21.6 Å². The Bertz CT molecular complexity index is 618. The van der Waals surface area contributed by atoms with Crippen molar-refractivity contribution in [2.75, 3.05) is 13.1 Å². The van der Waals surface area contributed by atoms with Gasteiger partial charge in [0, 0.05) is 17.9 Å². The van der Waals surface area contributed by atoms with E-state index in [2.05, 4.69) is 15.9 Å². The van der Waals surface area contributed by atoms with Gasteiger partial charge in [0.15, 0.2) is 0 Å². The van der Waals surface area contributed by atoms with Gasteiger partial charge in [-0.2, -0.15) is 17.5 Å². The molecular formula is C13H15BrF3NO2S. The summed E-state index contributed by atoms with van der Waals surface area (Å²) in [5.74, 6) is 0.110. The zero-order valence-corrected chi connectivity index (χ0v) is 13.7. The van der Waals surface area contributed by atoms with Gasteiger partial charge in [-0.15, -0.1) is 0 Å². The molecule has 1 saturated heterocycles. The third-order valence-electron chi connectivity index (χ3n) is 3.56. The molecule has 0 aromatic heterocycles. The molecule has 8 heteroatoms. The number of halogens is 4. The molecule has 2 atom stereocenters. The first kappa shape index (κ1) is 16.8. The van der Waals surface area contributed by atoms with Gasteiger partial charge >= 0.3 is 6.18 Å². The van der Waals surface area contributed by atoms with Crippen LogP contribution in [0, 0.1) is 5.92 Å². The molecule has 1 heterocycles. The average molecular weight is 386 g/mol. The highest BCUT2D eigenvalue weighted by molar-refractivity contribution is 9.09. The van der Waals surface area contributed by atoms with E-state index in [1.54, 1.807) is 0 Å². The van der Waals surface area contributed by atoms with Crippen LogP contribution < -0.4 is 0 Å². The topological polar surface area (TPSA) is 37.4 Å². The monoisotopic (exact) mass is 385 g/mol. The number of piperidine rings is 1. The molecule has 0 radical (unpaired) electrons. The number of hydrogen-bond donors (Lipinski definition) is 0. The molecule has 1 aromatic carbocycles. The molecule has 1 aliphatic heterocycles. The van der Waals surface area contributed by atoms with Gasteiger partial charge in [0.2, 0.25) is 10.0 Å². The van der Waals surface area contributed by atoms with Gasteiger partial charge in [0.05, 0.1) is 10.5 Å². The van der Waals surface area contributed by atoms with E-state index >= 15 is 0 Å². The lowest BCUT2D eigenvalue weighted by atomic mass is 10.0. The fourth-order valence-corrected chi connectivity index (χ4v) is 4.25. The van der Waals surface area contributed by atoms with Gasteiger partial charge in [0.25, 0.3) is 0 Å². The van der Waals surface area contributed by atoms with E-state index < -0.39 is 21.8 Å². The van der Waals surface area contributed by atoms with Crippen molar-refractivity contribution >= 4 is 26.0 Å². The minimum atomic E-state index is -4.55. The largest absolute Gasteiger partial charge is 0.416 e. The Morgan fingerprint density at radius 3 is 2.57 bits per heavy atom. The lowest BCUT2D eigenvalue weighted by molar-refractivity contribution is -0.137. The van der Waals surface area contributed by atoms with Gasteiger partial charge < -0.3 is 0 Å². The maximum Gasteiger partial charge on any atom is 0.416 e. The van der Waals surface area contributed by atoms with Crippen molar-refractivity contribution in [3.05, 3.63) is 29.8 Å². The maximum atomic E-state index is 12.7. The van der Waals surface area contributed by atoms with Gasteiger partial charge in [-0.05, 0) is 30.5 Å². The summed E-state index contributed by atoms with van der Waals surface area (Å²) in [6.07, 6.45) is -3.92. The van der Waals surface area contributed by atoms with Crippen LogP contribution in [-0.4, -0.2) is 30.6 Å². The Labute approximate surface area is 130 Å². The first-order valence-corrected chi connectivity index (χ1v) is 8.79. The van der Waals surface area contributed by atoms with E-state index in [0.717, 1.165) is 12.1 Å². The highest BCUT2D eigenvalue weighted by atomic mass is 79.9.